The van der Waals surface area contributed by atoms with E-state index in [1.165, 1.54) is 0 Å². The summed E-state index contributed by atoms with van der Waals surface area (Å²) >= 11 is 0. The first-order valence-electron chi connectivity index (χ1n) is 7.95. The Hall–Kier alpha value is -2.35. The number of hydrogen-bond donors (Lipinski definition) is 1. The molecule has 0 unspecified atom stereocenters. The van der Waals surface area contributed by atoms with Crippen LogP contribution in [0.25, 0.3) is 0 Å². The summed E-state index contributed by atoms with van der Waals surface area (Å²) in [5, 5.41) is 0. The van der Waals surface area contributed by atoms with Gasteiger partial charge in [-0.05, 0) is 36.4 Å². The lowest BCUT2D eigenvalue weighted by molar-refractivity contribution is 0.221. The molecule has 0 aliphatic carbocycles. The van der Waals surface area contributed by atoms with Crippen molar-refractivity contribution in [3.05, 3.63) is 78.6 Å². The van der Waals surface area contributed by atoms with Crippen LogP contribution in [0, 0.1) is 0 Å². The largest absolute Gasteiger partial charge is 0.468 e. The Kier molecular flexibility index (Phi) is 5.70. The van der Waals surface area contributed by atoms with Gasteiger partial charge in [0.25, 0.3) is 0 Å². The summed E-state index contributed by atoms with van der Waals surface area (Å²) in [6.45, 7) is 1.95. The topological polar surface area (TPSA) is 75.7 Å². The number of furan rings is 2. The van der Waals surface area contributed by atoms with Gasteiger partial charge in [-0.3, -0.25) is 4.90 Å². The lowest BCUT2D eigenvalue weighted by Crippen LogP contribution is -2.34. The van der Waals surface area contributed by atoms with Gasteiger partial charge in [-0.2, -0.15) is 0 Å². The van der Waals surface area contributed by atoms with Gasteiger partial charge < -0.3 is 8.83 Å². The molecule has 1 aromatic carbocycles. The summed E-state index contributed by atoms with van der Waals surface area (Å²) in [6.07, 6.45) is 3.25. The molecule has 3 aromatic rings. The van der Waals surface area contributed by atoms with E-state index in [9.17, 15) is 8.42 Å². The third-order valence-corrected chi connectivity index (χ3v) is 5.17. The monoisotopic (exact) mass is 360 g/mol. The molecule has 0 bridgehead atoms. The lowest BCUT2D eigenvalue weighted by Gasteiger charge is -2.20. The highest BCUT2D eigenvalue weighted by atomic mass is 32.2. The van der Waals surface area contributed by atoms with Gasteiger partial charge in [0, 0.05) is 13.1 Å². The normalized spacial score (nSPS) is 11.9. The molecule has 25 heavy (non-hydrogen) atoms. The van der Waals surface area contributed by atoms with Crippen LogP contribution in [0.1, 0.15) is 11.5 Å². The number of sulfonamides is 1. The predicted octanol–water partition coefficient (Wildman–Crippen LogP) is 2.85. The third kappa shape index (κ3) is 5.06. The zero-order valence-electron chi connectivity index (χ0n) is 13.7. The van der Waals surface area contributed by atoms with E-state index in [0.717, 1.165) is 11.5 Å². The summed E-state index contributed by atoms with van der Waals surface area (Å²) in [6, 6.07) is 15.8. The van der Waals surface area contributed by atoms with Crippen molar-refractivity contribution in [2.45, 2.75) is 18.0 Å². The second-order valence-electron chi connectivity index (χ2n) is 5.58. The van der Waals surface area contributed by atoms with Crippen molar-refractivity contribution in [2.75, 3.05) is 13.1 Å². The highest BCUT2D eigenvalue weighted by Gasteiger charge is 2.15. The molecule has 3 rings (SSSR count). The standard InChI is InChI=1S/C18H20N2O4S/c21-25(22,18-8-2-1-3-9-18)19-10-11-20(14-16-6-4-12-23-16)15-17-7-5-13-24-17/h1-9,12-13,19H,10-11,14-15H2. The van der Waals surface area contributed by atoms with Crippen molar-refractivity contribution < 1.29 is 17.3 Å². The molecule has 6 nitrogen and oxygen atoms in total. The zero-order chi connectivity index (χ0) is 17.5. The fraction of sp³-hybridized carbons (Fsp3) is 0.222. The number of nitrogens with one attached hydrogen (secondary N) is 1. The summed E-state index contributed by atoms with van der Waals surface area (Å²) in [7, 11) is -3.50. The Morgan fingerprint density at radius 2 is 1.44 bits per heavy atom. The first kappa shape index (κ1) is 17.5. The van der Waals surface area contributed by atoms with Crippen LogP contribution in [0.15, 0.2) is 80.9 Å². The maximum Gasteiger partial charge on any atom is 0.240 e. The summed E-state index contributed by atoms with van der Waals surface area (Å²) < 4.78 is 38.0. The Balaban J connectivity index is 1.60. The van der Waals surface area contributed by atoms with E-state index in [1.54, 1.807) is 42.9 Å². The minimum absolute atomic E-state index is 0.263. The van der Waals surface area contributed by atoms with Crippen LogP contribution in [0.5, 0.6) is 0 Å². The van der Waals surface area contributed by atoms with E-state index in [4.69, 9.17) is 8.83 Å². The minimum atomic E-state index is -3.50. The van der Waals surface area contributed by atoms with Crippen molar-refractivity contribution in [3.63, 3.8) is 0 Å². The van der Waals surface area contributed by atoms with Gasteiger partial charge in [0.05, 0.1) is 30.5 Å². The van der Waals surface area contributed by atoms with Gasteiger partial charge in [0.2, 0.25) is 10.0 Å². The summed E-state index contributed by atoms with van der Waals surface area (Å²) in [5.41, 5.74) is 0. The molecule has 0 amide bonds. The van der Waals surface area contributed by atoms with E-state index in [-0.39, 0.29) is 4.90 Å². The number of nitrogens with zero attached hydrogens (tertiary/aromatic N) is 1. The molecular weight excluding hydrogens is 340 g/mol. The Morgan fingerprint density at radius 3 is 1.96 bits per heavy atom. The van der Waals surface area contributed by atoms with Gasteiger partial charge in [0.15, 0.2) is 0 Å². The fourth-order valence-electron chi connectivity index (χ4n) is 2.48. The second-order valence-corrected chi connectivity index (χ2v) is 7.35. The van der Waals surface area contributed by atoms with Crippen molar-refractivity contribution in [1.82, 2.24) is 9.62 Å². The van der Waals surface area contributed by atoms with Crippen LogP contribution in [0.4, 0.5) is 0 Å². The molecule has 0 atom stereocenters. The molecule has 0 spiro atoms. The maximum atomic E-state index is 12.3. The van der Waals surface area contributed by atoms with Crippen LogP contribution in [0.3, 0.4) is 0 Å². The van der Waals surface area contributed by atoms with Crippen molar-refractivity contribution in [3.8, 4) is 0 Å². The van der Waals surface area contributed by atoms with Crippen molar-refractivity contribution >= 4 is 10.0 Å². The van der Waals surface area contributed by atoms with E-state index in [2.05, 4.69) is 9.62 Å². The first-order chi connectivity index (χ1) is 12.1. The molecule has 2 aromatic heterocycles. The molecule has 2 heterocycles. The molecular formula is C18H20N2O4S. The van der Waals surface area contributed by atoms with Crippen LogP contribution in [-0.4, -0.2) is 26.4 Å². The van der Waals surface area contributed by atoms with Crippen LogP contribution >= 0.6 is 0 Å². The molecule has 7 heteroatoms. The maximum absolute atomic E-state index is 12.3. The molecule has 0 radical (unpaired) electrons. The molecule has 1 N–H and O–H groups in total. The van der Waals surface area contributed by atoms with Gasteiger partial charge in [-0.1, -0.05) is 18.2 Å². The van der Waals surface area contributed by atoms with Crippen molar-refractivity contribution in [1.29, 1.82) is 0 Å². The van der Waals surface area contributed by atoms with Crippen LogP contribution in [0.2, 0.25) is 0 Å². The highest BCUT2D eigenvalue weighted by molar-refractivity contribution is 7.89. The van der Waals surface area contributed by atoms with E-state index < -0.39 is 10.0 Å². The van der Waals surface area contributed by atoms with Gasteiger partial charge >= 0.3 is 0 Å². The third-order valence-electron chi connectivity index (χ3n) is 3.69. The summed E-state index contributed by atoms with van der Waals surface area (Å²) in [5.74, 6) is 1.63. The smallest absolute Gasteiger partial charge is 0.240 e. The molecule has 0 aliphatic heterocycles. The molecule has 0 fully saturated rings. The Bertz CT molecular complexity index is 808. The van der Waals surface area contributed by atoms with Gasteiger partial charge in [-0.25, -0.2) is 13.1 Å². The lowest BCUT2D eigenvalue weighted by atomic mass is 10.3. The molecule has 0 saturated heterocycles. The number of rotatable bonds is 9. The van der Waals surface area contributed by atoms with Gasteiger partial charge in [0.1, 0.15) is 11.5 Å². The van der Waals surface area contributed by atoms with E-state index in [0.29, 0.717) is 26.2 Å². The number of hydrogen-bond acceptors (Lipinski definition) is 5. The van der Waals surface area contributed by atoms with Crippen molar-refractivity contribution in [2.24, 2.45) is 0 Å². The fourth-order valence-corrected chi connectivity index (χ4v) is 3.52. The van der Waals surface area contributed by atoms with Crippen LogP contribution < -0.4 is 4.72 Å². The highest BCUT2D eigenvalue weighted by Crippen LogP contribution is 2.11. The first-order valence-corrected chi connectivity index (χ1v) is 9.44. The Morgan fingerprint density at radius 1 is 0.840 bits per heavy atom. The van der Waals surface area contributed by atoms with E-state index >= 15 is 0 Å². The average molecular weight is 360 g/mol. The second kappa shape index (κ2) is 8.15. The van der Waals surface area contributed by atoms with Crippen LogP contribution in [-0.2, 0) is 23.1 Å². The molecule has 0 saturated carbocycles. The molecule has 132 valence electrons. The number of benzene rings is 1. The quantitative estimate of drug-likeness (QED) is 0.635. The predicted molar refractivity (Wildman–Crippen MR) is 93.2 cm³/mol. The average Bonchev–Trinajstić information content (AvgIpc) is 3.29. The zero-order valence-corrected chi connectivity index (χ0v) is 14.5. The minimum Gasteiger partial charge on any atom is -0.468 e. The summed E-state index contributed by atoms with van der Waals surface area (Å²) in [4.78, 5) is 2.32. The SMILES string of the molecule is O=S(=O)(NCCN(Cc1ccco1)Cc1ccco1)c1ccccc1. The molecule has 0 aliphatic rings. The van der Waals surface area contributed by atoms with E-state index in [1.807, 2.05) is 24.3 Å². The Labute approximate surface area is 147 Å². The van der Waals surface area contributed by atoms with Gasteiger partial charge in [-0.15, -0.1) is 0 Å².